The molecular formula is C24H30N4O4S2. The largest absolute Gasteiger partial charge is 0.466 e. The Bertz CT molecular complexity index is 1150. The van der Waals surface area contributed by atoms with Crippen LogP contribution < -0.4 is 10.5 Å². The second kappa shape index (κ2) is 10.7. The van der Waals surface area contributed by atoms with Crippen molar-refractivity contribution in [2.45, 2.75) is 60.0 Å². The van der Waals surface area contributed by atoms with E-state index in [0.717, 1.165) is 6.42 Å². The number of ether oxygens (including phenoxy) is 1. The van der Waals surface area contributed by atoms with Gasteiger partial charge in [0.05, 0.1) is 17.4 Å². The van der Waals surface area contributed by atoms with Gasteiger partial charge in [0.2, 0.25) is 0 Å². The monoisotopic (exact) mass is 502 g/mol. The lowest BCUT2D eigenvalue weighted by molar-refractivity contribution is -0.148. The number of thioether (sulfide) groups is 1. The van der Waals surface area contributed by atoms with Gasteiger partial charge in [0.25, 0.3) is 11.5 Å². The lowest BCUT2D eigenvalue weighted by Gasteiger charge is -2.36. The van der Waals surface area contributed by atoms with E-state index in [4.69, 9.17) is 17.0 Å². The van der Waals surface area contributed by atoms with Crippen molar-refractivity contribution in [3.05, 3.63) is 31.9 Å². The van der Waals surface area contributed by atoms with Gasteiger partial charge in [-0.1, -0.05) is 24.0 Å². The van der Waals surface area contributed by atoms with E-state index in [1.54, 1.807) is 29.4 Å². The Kier molecular flexibility index (Phi) is 8.21. The zero-order valence-electron chi connectivity index (χ0n) is 20.2. The summed E-state index contributed by atoms with van der Waals surface area (Å²) < 4.78 is 7.29. The van der Waals surface area contributed by atoms with Gasteiger partial charge in [-0.2, -0.15) is 5.26 Å². The predicted octanol–water partition coefficient (Wildman–Crippen LogP) is 3.44. The van der Waals surface area contributed by atoms with E-state index in [9.17, 15) is 19.6 Å². The summed E-state index contributed by atoms with van der Waals surface area (Å²) in [6.07, 6.45) is 3.21. The molecule has 1 aromatic heterocycles. The number of carbonyl (C=O) groups excluding carboxylic acids is 2. The molecule has 1 unspecified atom stereocenters. The van der Waals surface area contributed by atoms with Gasteiger partial charge >= 0.3 is 5.97 Å². The van der Waals surface area contributed by atoms with E-state index in [-0.39, 0.29) is 35.0 Å². The number of nitriles is 1. The number of piperidine rings is 1. The number of esters is 1. The molecule has 182 valence electrons. The fourth-order valence-electron chi connectivity index (χ4n) is 4.46. The minimum atomic E-state index is -0.373. The summed E-state index contributed by atoms with van der Waals surface area (Å²) in [6.45, 7) is 10.9. The fourth-order valence-corrected chi connectivity index (χ4v) is 5.96. The molecule has 2 fully saturated rings. The van der Waals surface area contributed by atoms with Crippen molar-refractivity contribution in [1.29, 1.82) is 5.26 Å². The van der Waals surface area contributed by atoms with Crippen molar-refractivity contribution >= 4 is 52.1 Å². The number of carbonyl (C=O) groups is 2. The Hall–Kier alpha value is -2.64. The average molecular weight is 503 g/mol. The van der Waals surface area contributed by atoms with Gasteiger partial charge in [-0.3, -0.25) is 23.9 Å². The van der Waals surface area contributed by atoms with Gasteiger partial charge in [0.1, 0.15) is 21.8 Å². The molecule has 1 atom stereocenters. The molecule has 2 aliphatic heterocycles. The number of thiocarbonyl (C=S) groups is 1. The molecule has 0 bridgehead atoms. The first kappa shape index (κ1) is 26.0. The molecule has 0 spiro atoms. The van der Waals surface area contributed by atoms with Crippen LogP contribution in [0.15, 0.2) is 9.70 Å². The minimum absolute atomic E-state index is 0.0511. The van der Waals surface area contributed by atoms with Crippen LogP contribution in [0.2, 0.25) is 0 Å². The Labute approximate surface area is 209 Å². The highest BCUT2D eigenvalue weighted by Gasteiger charge is 2.35. The first-order chi connectivity index (χ1) is 16.2. The van der Waals surface area contributed by atoms with E-state index >= 15 is 0 Å². The van der Waals surface area contributed by atoms with Crippen LogP contribution in [0, 0.1) is 24.2 Å². The molecular weight excluding hydrogens is 472 g/mol. The highest BCUT2D eigenvalue weighted by molar-refractivity contribution is 8.26. The number of pyridine rings is 1. The quantitative estimate of drug-likeness (QED) is 0.332. The molecule has 34 heavy (non-hydrogen) atoms. The molecule has 3 heterocycles. The van der Waals surface area contributed by atoms with Gasteiger partial charge in [0.15, 0.2) is 0 Å². The molecule has 0 aromatic carbocycles. The lowest BCUT2D eigenvalue weighted by atomic mass is 9.96. The summed E-state index contributed by atoms with van der Waals surface area (Å²) in [5, 5.41) is 9.73. The van der Waals surface area contributed by atoms with E-state index in [1.165, 1.54) is 11.8 Å². The Balaban J connectivity index is 2.19. The summed E-state index contributed by atoms with van der Waals surface area (Å²) in [4.78, 5) is 42.8. The maximum atomic E-state index is 13.2. The summed E-state index contributed by atoms with van der Waals surface area (Å²) in [5.74, 6) is -0.127. The second-order valence-electron chi connectivity index (χ2n) is 8.58. The highest BCUT2D eigenvalue weighted by Crippen LogP contribution is 2.37. The zero-order valence-corrected chi connectivity index (χ0v) is 21.8. The molecule has 0 aliphatic carbocycles. The van der Waals surface area contributed by atoms with Gasteiger partial charge in [-0.05, 0) is 59.1 Å². The predicted molar refractivity (Wildman–Crippen MR) is 138 cm³/mol. The molecule has 0 N–H and O–H groups in total. The number of hydrogen-bond donors (Lipinski definition) is 0. The van der Waals surface area contributed by atoms with Crippen LogP contribution >= 0.6 is 24.0 Å². The van der Waals surface area contributed by atoms with Crippen LogP contribution in [0.5, 0.6) is 0 Å². The summed E-state index contributed by atoms with van der Waals surface area (Å²) >= 11 is 6.64. The van der Waals surface area contributed by atoms with Crippen LogP contribution in [-0.4, -0.2) is 51.4 Å². The van der Waals surface area contributed by atoms with Gasteiger partial charge in [-0.25, -0.2) is 0 Å². The smallest absolute Gasteiger partial charge is 0.310 e. The second-order valence-corrected chi connectivity index (χ2v) is 10.3. The fraction of sp³-hybridized carbons (Fsp3) is 0.542. The summed E-state index contributed by atoms with van der Waals surface area (Å²) in [7, 11) is 0. The third-order valence-electron chi connectivity index (χ3n) is 6.12. The maximum absolute atomic E-state index is 13.2. The Morgan fingerprint density at radius 2 is 2.06 bits per heavy atom. The summed E-state index contributed by atoms with van der Waals surface area (Å²) in [5.41, 5.74) is 0.824. The van der Waals surface area contributed by atoms with Crippen LogP contribution in [0.4, 0.5) is 5.82 Å². The Morgan fingerprint density at radius 3 is 2.62 bits per heavy atom. The standard InChI is InChI=1S/C24H30N4O4S2/c1-6-27-20(26-10-8-9-16(13-26)23(31)32-7-2)17(15(5)18(12-25)21(27)29)11-19-22(30)28(14(3)4)24(33)34-19/h11,14,16H,6-10,13H2,1-5H3/b19-11+. The zero-order chi connectivity index (χ0) is 25.2. The number of nitrogens with zero attached hydrogens (tertiary/aromatic N) is 4. The number of anilines is 1. The normalized spacial score (nSPS) is 19.8. The van der Waals surface area contributed by atoms with Gasteiger partial charge in [0, 0.05) is 31.2 Å². The minimum Gasteiger partial charge on any atom is -0.466 e. The number of hydrogen-bond acceptors (Lipinski definition) is 8. The van der Waals surface area contributed by atoms with Crippen LogP contribution in [0.1, 0.15) is 57.2 Å². The third kappa shape index (κ3) is 4.77. The van der Waals surface area contributed by atoms with E-state index in [0.29, 0.717) is 58.8 Å². The van der Waals surface area contributed by atoms with Crippen molar-refractivity contribution in [3.63, 3.8) is 0 Å². The molecule has 0 radical (unpaired) electrons. The number of aromatic nitrogens is 1. The molecule has 10 heteroatoms. The van der Waals surface area contributed by atoms with Crippen molar-refractivity contribution in [1.82, 2.24) is 9.47 Å². The lowest BCUT2D eigenvalue weighted by Crippen LogP contribution is -2.43. The van der Waals surface area contributed by atoms with E-state index in [1.807, 2.05) is 31.7 Å². The van der Waals surface area contributed by atoms with Crippen LogP contribution in [0.3, 0.4) is 0 Å². The van der Waals surface area contributed by atoms with E-state index in [2.05, 4.69) is 0 Å². The molecule has 1 aromatic rings. The summed E-state index contributed by atoms with van der Waals surface area (Å²) in [6, 6.07) is 1.96. The molecule has 2 aliphatic rings. The van der Waals surface area contributed by atoms with Crippen molar-refractivity contribution < 1.29 is 14.3 Å². The maximum Gasteiger partial charge on any atom is 0.310 e. The first-order valence-electron chi connectivity index (χ1n) is 11.5. The van der Waals surface area contributed by atoms with Gasteiger partial charge in [-0.15, -0.1) is 0 Å². The van der Waals surface area contributed by atoms with Crippen molar-refractivity contribution in [2.24, 2.45) is 5.92 Å². The molecule has 0 saturated carbocycles. The molecule has 3 rings (SSSR count). The molecule has 2 saturated heterocycles. The molecule has 1 amide bonds. The number of amides is 1. The average Bonchev–Trinajstić information content (AvgIpc) is 3.08. The number of rotatable bonds is 6. The van der Waals surface area contributed by atoms with Crippen LogP contribution in [0.25, 0.3) is 6.08 Å². The highest BCUT2D eigenvalue weighted by atomic mass is 32.2. The Morgan fingerprint density at radius 1 is 1.35 bits per heavy atom. The van der Waals surface area contributed by atoms with Gasteiger partial charge < -0.3 is 9.64 Å². The molecule has 8 nitrogen and oxygen atoms in total. The third-order valence-corrected chi connectivity index (χ3v) is 7.45. The van der Waals surface area contributed by atoms with Crippen LogP contribution in [-0.2, 0) is 20.9 Å². The van der Waals surface area contributed by atoms with Crippen molar-refractivity contribution in [2.75, 3.05) is 24.6 Å². The van der Waals surface area contributed by atoms with E-state index < -0.39 is 0 Å². The van der Waals surface area contributed by atoms with Crippen molar-refractivity contribution in [3.8, 4) is 6.07 Å². The first-order valence-corrected chi connectivity index (χ1v) is 12.7. The topological polar surface area (TPSA) is 95.6 Å². The SMILES string of the molecule is CCOC(=O)C1CCCN(c2c(/C=C3/SC(=S)N(C(C)C)C3=O)c(C)c(C#N)c(=O)n2CC)C1.